The Labute approximate surface area is 214 Å². The van der Waals surface area contributed by atoms with Gasteiger partial charge in [0.1, 0.15) is 18.5 Å². The summed E-state index contributed by atoms with van der Waals surface area (Å²) in [4.78, 5) is 8.78. The molecule has 1 atom stereocenters. The minimum atomic E-state index is -0.467. The van der Waals surface area contributed by atoms with Crippen LogP contribution >= 0.6 is 0 Å². The van der Waals surface area contributed by atoms with Crippen molar-refractivity contribution in [2.45, 2.75) is 19.6 Å². The summed E-state index contributed by atoms with van der Waals surface area (Å²) in [7, 11) is 3.54. The molecule has 8 heteroatoms. The van der Waals surface area contributed by atoms with Crippen molar-refractivity contribution >= 4 is 0 Å². The van der Waals surface area contributed by atoms with E-state index in [1.807, 2.05) is 85.3 Å². The highest BCUT2D eigenvalue weighted by molar-refractivity contribution is 5.74. The fourth-order valence-corrected chi connectivity index (χ4v) is 4.21. The number of hydrogen-bond acceptors (Lipinski definition) is 7. The van der Waals surface area contributed by atoms with Gasteiger partial charge < -0.3 is 18.6 Å². The highest BCUT2D eigenvalue weighted by Gasteiger charge is 2.22. The van der Waals surface area contributed by atoms with Crippen LogP contribution in [-0.4, -0.2) is 26.8 Å². The van der Waals surface area contributed by atoms with Crippen molar-refractivity contribution in [1.82, 2.24) is 19.7 Å². The predicted octanol–water partition coefficient (Wildman–Crippen LogP) is 5.63. The van der Waals surface area contributed by atoms with Gasteiger partial charge in [-0.2, -0.15) is 10.2 Å². The van der Waals surface area contributed by atoms with E-state index in [0.717, 1.165) is 39.3 Å². The highest BCUT2D eigenvalue weighted by atomic mass is 16.5. The molecule has 184 valence electrons. The standard InChI is InChI=1S/C29H25N5O3/c1-19-6-4-5-7-24(19)25-14-21(8-9-22(25)15-30)28(26-16-31-18-34(26)2)36-17-27-32-29(37-33-27)20-10-12-23(35-3)13-11-20/h4-14,16,18,28H,17H2,1-3H3. The Hall–Kier alpha value is -4.74. The Morgan fingerprint density at radius 3 is 2.57 bits per heavy atom. The SMILES string of the molecule is COc1ccc(-c2nc(COC(c3ccc(C#N)c(-c4ccccc4C)c3)c3cncn3C)no2)cc1. The minimum absolute atomic E-state index is 0.120. The van der Waals surface area contributed by atoms with E-state index in [0.29, 0.717) is 17.3 Å². The molecule has 0 aliphatic heterocycles. The molecule has 0 aliphatic carbocycles. The Morgan fingerprint density at radius 1 is 1.05 bits per heavy atom. The van der Waals surface area contributed by atoms with Crippen LogP contribution in [0.4, 0.5) is 0 Å². The Morgan fingerprint density at radius 2 is 1.86 bits per heavy atom. The number of aryl methyl sites for hydroxylation is 2. The molecule has 0 spiro atoms. The molecule has 0 bridgehead atoms. The molecule has 0 saturated carbocycles. The van der Waals surface area contributed by atoms with Crippen molar-refractivity contribution in [1.29, 1.82) is 5.26 Å². The van der Waals surface area contributed by atoms with Gasteiger partial charge in [0, 0.05) is 18.2 Å². The lowest BCUT2D eigenvalue weighted by atomic mass is 9.93. The van der Waals surface area contributed by atoms with E-state index in [9.17, 15) is 5.26 Å². The molecular formula is C29H25N5O3. The first-order valence-electron chi connectivity index (χ1n) is 11.7. The van der Waals surface area contributed by atoms with Crippen LogP contribution in [0.5, 0.6) is 5.75 Å². The molecule has 5 rings (SSSR count). The monoisotopic (exact) mass is 491 g/mol. The number of methoxy groups -OCH3 is 1. The molecule has 0 radical (unpaired) electrons. The van der Waals surface area contributed by atoms with Gasteiger partial charge in [-0.05, 0) is 60.0 Å². The lowest BCUT2D eigenvalue weighted by Crippen LogP contribution is -2.11. The van der Waals surface area contributed by atoms with Gasteiger partial charge in [-0.3, -0.25) is 0 Å². The molecule has 3 aromatic carbocycles. The maximum atomic E-state index is 9.78. The normalized spacial score (nSPS) is 11.7. The molecule has 0 aliphatic rings. The number of ether oxygens (including phenoxy) is 2. The number of aromatic nitrogens is 4. The van der Waals surface area contributed by atoms with Gasteiger partial charge >= 0.3 is 0 Å². The first kappa shape index (κ1) is 24.0. The van der Waals surface area contributed by atoms with Crippen LogP contribution in [0.2, 0.25) is 0 Å². The van der Waals surface area contributed by atoms with Crippen molar-refractivity contribution < 1.29 is 14.0 Å². The van der Waals surface area contributed by atoms with Gasteiger partial charge in [-0.15, -0.1) is 0 Å². The lowest BCUT2D eigenvalue weighted by molar-refractivity contribution is 0.0567. The van der Waals surface area contributed by atoms with Crippen LogP contribution in [0.3, 0.4) is 0 Å². The number of nitrogens with zero attached hydrogens (tertiary/aromatic N) is 5. The second-order valence-corrected chi connectivity index (χ2v) is 8.60. The number of hydrogen-bond donors (Lipinski definition) is 0. The zero-order valence-electron chi connectivity index (χ0n) is 20.8. The second kappa shape index (κ2) is 10.5. The molecule has 5 aromatic rings. The minimum Gasteiger partial charge on any atom is -0.497 e. The summed E-state index contributed by atoms with van der Waals surface area (Å²) in [6.07, 6.45) is 3.04. The maximum Gasteiger partial charge on any atom is 0.258 e. The Bertz CT molecular complexity index is 1560. The number of nitriles is 1. The molecule has 0 fully saturated rings. The van der Waals surface area contributed by atoms with E-state index in [-0.39, 0.29) is 6.61 Å². The van der Waals surface area contributed by atoms with Gasteiger partial charge in [-0.25, -0.2) is 4.98 Å². The van der Waals surface area contributed by atoms with E-state index in [4.69, 9.17) is 14.0 Å². The largest absolute Gasteiger partial charge is 0.497 e. The molecule has 37 heavy (non-hydrogen) atoms. The molecule has 0 N–H and O–H groups in total. The van der Waals surface area contributed by atoms with E-state index in [1.54, 1.807) is 19.6 Å². The molecule has 1 unspecified atom stereocenters. The summed E-state index contributed by atoms with van der Waals surface area (Å²) < 4.78 is 19.0. The topological polar surface area (TPSA) is 99.0 Å². The number of benzene rings is 3. The van der Waals surface area contributed by atoms with Gasteiger partial charge in [0.25, 0.3) is 5.89 Å². The molecule has 8 nitrogen and oxygen atoms in total. The van der Waals surface area contributed by atoms with E-state index >= 15 is 0 Å². The summed E-state index contributed by atoms with van der Waals surface area (Å²) >= 11 is 0. The van der Waals surface area contributed by atoms with Crippen LogP contribution < -0.4 is 4.74 Å². The van der Waals surface area contributed by atoms with E-state index in [2.05, 4.69) is 21.2 Å². The average molecular weight is 492 g/mol. The molecule has 0 saturated heterocycles. The fourth-order valence-electron chi connectivity index (χ4n) is 4.21. The second-order valence-electron chi connectivity index (χ2n) is 8.60. The van der Waals surface area contributed by atoms with Gasteiger partial charge in [0.05, 0.1) is 37.0 Å². The first-order valence-corrected chi connectivity index (χ1v) is 11.7. The Kier molecular flexibility index (Phi) is 6.79. The van der Waals surface area contributed by atoms with E-state index in [1.165, 1.54) is 0 Å². The van der Waals surface area contributed by atoms with Crippen molar-refractivity contribution in [3.63, 3.8) is 0 Å². The van der Waals surface area contributed by atoms with Crippen LogP contribution in [0.25, 0.3) is 22.6 Å². The summed E-state index contributed by atoms with van der Waals surface area (Å²) in [5, 5.41) is 13.9. The third-order valence-electron chi connectivity index (χ3n) is 6.21. The number of imidazole rings is 1. The highest BCUT2D eigenvalue weighted by Crippen LogP contribution is 2.33. The smallest absolute Gasteiger partial charge is 0.258 e. The average Bonchev–Trinajstić information content (AvgIpc) is 3.58. The van der Waals surface area contributed by atoms with Crippen LogP contribution in [0, 0.1) is 18.3 Å². The van der Waals surface area contributed by atoms with Crippen molar-refractivity contribution in [2.24, 2.45) is 7.05 Å². The van der Waals surface area contributed by atoms with Gasteiger partial charge in [-0.1, -0.05) is 35.5 Å². The zero-order chi connectivity index (χ0) is 25.8. The van der Waals surface area contributed by atoms with Crippen LogP contribution in [0.15, 0.2) is 83.8 Å². The summed E-state index contributed by atoms with van der Waals surface area (Å²) in [5.41, 5.74) is 6.09. The Balaban J connectivity index is 1.46. The van der Waals surface area contributed by atoms with Crippen LogP contribution in [0.1, 0.15) is 34.3 Å². The summed E-state index contributed by atoms with van der Waals surface area (Å²) in [6, 6.07) is 23.5. The van der Waals surface area contributed by atoms with E-state index < -0.39 is 6.10 Å². The molecule has 0 amide bonds. The molecular weight excluding hydrogens is 466 g/mol. The zero-order valence-corrected chi connectivity index (χ0v) is 20.8. The third-order valence-corrected chi connectivity index (χ3v) is 6.21. The molecule has 2 aromatic heterocycles. The van der Waals surface area contributed by atoms with Gasteiger partial charge in [0.15, 0.2) is 5.82 Å². The predicted molar refractivity (Wildman–Crippen MR) is 137 cm³/mol. The van der Waals surface area contributed by atoms with Crippen molar-refractivity contribution in [2.75, 3.05) is 7.11 Å². The summed E-state index contributed by atoms with van der Waals surface area (Å²) in [6.45, 7) is 2.16. The number of rotatable bonds is 8. The fraction of sp³-hybridized carbons (Fsp3) is 0.172. The van der Waals surface area contributed by atoms with Crippen molar-refractivity contribution in [3.8, 4) is 34.4 Å². The first-order chi connectivity index (χ1) is 18.1. The summed E-state index contributed by atoms with van der Waals surface area (Å²) in [5.74, 6) is 1.57. The lowest BCUT2D eigenvalue weighted by Gasteiger charge is -2.20. The van der Waals surface area contributed by atoms with Gasteiger partial charge in [0.2, 0.25) is 0 Å². The third kappa shape index (κ3) is 4.99. The quantitative estimate of drug-likeness (QED) is 0.277. The van der Waals surface area contributed by atoms with Crippen molar-refractivity contribution in [3.05, 3.63) is 107 Å². The van der Waals surface area contributed by atoms with Crippen LogP contribution in [-0.2, 0) is 18.4 Å². The molecule has 2 heterocycles. The maximum absolute atomic E-state index is 9.78.